The fourth-order valence-corrected chi connectivity index (χ4v) is 3.84. The van der Waals surface area contributed by atoms with Crippen molar-refractivity contribution in [3.63, 3.8) is 0 Å². The standard InChI is InChI=1S/C18H22N4O/c1-2-16(23)18-17-14(13-5-3-4-6-15(13)20-17)7-10-22(18)21-11-8-19-9-12-21/h2-6,18-20H,1,7-12H2. The molecule has 0 spiro atoms. The van der Waals surface area contributed by atoms with Gasteiger partial charge in [-0.25, -0.2) is 10.0 Å². The lowest BCUT2D eigenvalue weighted by molar-refractivity contribution is -0.133. The average Bonchev–Trinajstić information content (AvgIpc) is 2.99. The highest BCUT2D eigenvalue weighted by Crippen LogP contribution is 2.36. The van der Waals surface area contributed by atoms with Gasteiger partial charge < -0.3 is 10.3 Å². The van der Waals surface area contributed by atoms with Gasteiger partial charge in [-0.1, -0.05) is 24.8 Å². The summed E-state index contributed by atoms with van der Waals surface area (Å²) in [5.41, 5.74) is 3.44. The monoisotopic (exact) mass is 310 g/mol. The molecule has 0 amide bonds. The van der Waals surface area contributed by atoms with E-state index in [9.17, 15) is 4.79 Å². The van der Waals surface area contributed by atoms with Gasteiger partial charge in [-0.15, -0.1) is 0 Å². The number of piperazine rings is 1. The minimum atomic E-state index is -0.276. The van der Waals surface area contributed by atoms with Crippen molar-refractivity contribution in [1.82, 2.24) is 20.3 Å². The van der Waals surface area contributed by atoms with Crippen LogP contribution in [-0.2, 0) is 11.2 Å². The fourth-order valence-electron chi connectivity index (χ4n) is 3.84. The van der Waals surface area contributed by atoms with Crippen LogP contribution in [0.4, 0.5) is 0 Å². The molecule has 0 bridgehead atoms. The molecule has 1 aromatic heterocycles. The zero-order chi connectivity index (χ0) is 15.8. The predicted molar refractivity (Wildman–Crippen MR) is 91.1 cm³/mol. The molecule has 1 saturated heterocycles. The Balaban J connectivity index is 1.79. The average molecular weight is 310 g/mol. The van der Waals surface area contributed by atoms with Crippen molar-refractivity contribution in [2.24, 2.45) is 0 Å². The highest BCUT2D eigenvalue weighted by atomic mass is 16.1. The molecule has 1 fully saturated rings. The number of carbonyl (C=O) groups excluding carboxylic acids is 1. The van der Waals surface area contributed by atoms with E-state index in [0.29, 0.717) is 0 Å². The highest BCUT2D eigenvalue weighted by molar-refractivity contribution is 5.96. The van der Waals surface area contributed by atoms with E-state index in [1.165, 1.54) is 17.0 Å². The number of para-hydroxylation sites is 1. The molecule has 5 heteroatoms. The topological polar surface area (TPSA) is 51.4 Å². The highest BCUT2D eigenvalue weighted by Gasteiger charge is 2.37. The second kappa shape index (κ2) is 5.92. The van der Waals surface area contributed by atoms with Crippen LogP contribution in [0.3, 0.4) is 0 Å². The molecule has 2 N–H and O–H groups in total. The minimum Gasteiger partial charge on any atom is -0.356 e. The van der Waals surface area contributed by atoms with Crippen LogP contribution < -0.4 is 5.32 Å². The molecule has 0 aliphatic carbocycles. The molecule has 2 aromatic rings. The van der Waals surface area contributed by atoms with E-state index in [0.717, 1.165) is 50.4 Å². The molecule has 1 aromatic carbocycles. The summed E-state index contributed by atoms with van der Waals surface area (Å²) in [5, 5.41) is 9.17. The second-order valence-corrected chi connectivity index (χ2v) is 6.19. The zero-order valence-electron chi connectivity index (χ0n) is 13.2. The number of fused-ring (bicyclic) bond motifs is 3. The van der Waals surface area contributed by atoms with Crippen LogP contribution in [-0.4, -0.2) is 53.5 Å². The number of aromatic amines is 1. The summed E-state index contributed by atoms with van der Waals surface area (Å²) in [5.74, 6) is 0.0658. The van der Waals surface area contributed by atoms with Crippen LogP contribution in [0.5, 0.6) is 0 Å². The van der Waals surface area contributed by atoms with Gasteiger partial charge in [-0.05, 0) is 24.1 Å². The van der Waals surface area contributed by atoms with E-state index >= 15 is 0 Å². The maximum absolute atomic E-state index is 12.6. The van der Waals surface area contributed by atoms with Gasteiger partial charge in [0.1, 0.15) is 6.04 Å². The van der Waals surface area contributed by atoms with E-state index < -0.39 is 0 Å². The number of hydrogen-bond acceptors (Lipinski definition) is 4. The van der Waals surface area contributed by atoms with E-state index in [1.807, 2.05) is 6.07 Å². The third-order valence-electron chi connectivity index (χ3n) is 4.94. The molecule has 0 saturated carbocycles. The lowest BCUT2D eigenvalue weighted by atomic mass is 9.95. The van der Waals surface area contributed by atoms with E-state index in [1.54, 1.807) is 0 Å². The van der Waals surface area contributed by atoms with E-state index in [2.05, 4.69) is 45.1 Å². The Morgan fingerprint density at radius 1 is 1.22 bits per heavy atom. The number of hydrogen-bond donors (Lipinski definition) is 2. The van der Waals surface area contributed by atoms with Crippen LogP contribution in [0.1, 0.15) is 17.3 Å². The molecular formula is C18H22N4O. The number of aromatic nitrogens is 1. The Morgan fingerprint density at radius 3 is 2.78 bits per heavy atom. The van der Waals surface area contributed by atoms with Gasteiger partial charge in [0.2, 0.25) is 0 Å². The minimum absolute atomic E-state index is 0.0658. The molecule has 1 unspecified atom stereocenters. The van der Waals surface area contributed by atoms with Gasteiger partial charge >= 0.3 is 0 Å². The van der Waals surface area contributed by atoms with Crippen LogP contribution in [0.25, 0.3) is 10.9 Å². The number of ketones is 1. The Hall–Kier alpha value is -1.95. The van der Waals surface area contributed by atoms with Crippen molar-refractivity contribution >= 4 is 16.7 Å². The first kappa shape index (κ1) is 14.6. The van der Waals surface area contributed by atoms with Gasteiger partial charge in [0.15, 0.2) is 5.78 Å². The maximum Gasteiger partial charge on any atom is 0.179 e. The first-order valence-electron chi connectivity index (χ1n) is 8.27. The summed E-state index contributed by atoms with van der Waals surface area (Å²) in [6.45, 7) is 8.40. The Labute approximate surface area is 135 Å². The summed E-state index contributed by atoms with van der Waals surface area (Å²) in [6.07, 6.45) is 2.42. The zero-order valence-corrected chi connectivity index (χ0v) is 13.2. The first-order valence-corrected chi connectivity index (χ1v) is 8.27. The number of rotatable bonds is 3. The van der Waals surface area contributed by atoms with Crippen molar-refractivity contribution in [2.45, 2.75) is 12.5 Å². The van der Waals surface area contributed by atoms with Gasteiger partial charge in [0.25, 0.3) is 0 Å². The van der Waals surface area contributed by atoms with Gasteiger partial charge in [-0.3, -0.25) is 4.79 Å². The third kappa shape index (κ3) is 2.41. The molecule has 1 atom stereocenters. The van der Waals surface area contributed by atoms with Crippen LogP contribution >= 0.6 is 0 Å². The fraction of sp³-hybridized carbons (Fsp3) is 0.389. The molecule has 120 valence electrons. The van der Waals surface area contributed by atoms with Crippen LogP contribution in [0.15, 0.2) is 36.9 Å². The Kier molecular flexibility index (Phi) is 3.77. The van der Waals surface area contributed by atoms with Crippen LogP contribution in [0, 0.1) is 0 Å². The van der Waals surface area contributed by atoms with E-state index in [-0.39, 0.29) is 11.8 Å². The summed E-state index contributed by atoms with van der Waals surface area (Å²) in [6, 6.07) is 8.03. The van der Waals surface area contributed by atoms with E-state index in [4.69, 9.17) is 0 Å². The van der Waals surface area contributed by atoms with Crippen molar-refractivity contribution in [2.75, 3.05) is 32.7 Å². The molecule has 23 heavy (non-hydrogen) atoms. The van der Waals surface area contributed by atoms with Crippen molar-refractivity contribution in [3.05, 3.63) is 48.2 Å². The summed E-state index contributed by atoms with van der Waals surface area (Å²) in [7, 11) is 0. The maximum atomic E-state index is 12.6. The second-order valence-electron chi connectivity index (χ2n) is 6.19. The third-order valence-corrected chi connectivity index (χ3v) is 4.94. The summed E-state index contributed by atoms with van der Waals surface area (Å²) >= 11 is 0. The lowest BCUT2D eigenvalue weighted by Gasteiger charge is -2.43. The smallest absolute Gasteiger partial charge is 0.179 e. The molecule has 2 aliphatic rings. The SMILES string of the molecule is C=CC(=O)C1c2[nH]c3ccccc3c2CCN1N1CCNCC1. The van der Waals surface area contributed by atoms with Gasteiger partial charge in [0, 0.05) is 49.3 Å². The lowest BCUT2D eigenvalue weighted by Crippen LogP contribution is -2.56. The quantitative estimate of drug-likeness (QED) is 0.846. The number of H-pyrrole nitrogens is 1. The Morgan fingerprint density at radius 2 is 2.00 bits per heavy atom. The number of benzene rings is 1. The molecule has 0 radical (unpaired) electrons. The molecule has 5 nitrogen and oxygen atoms in total. The number of nitrogens with one attached hydrogen (secondary N) is 2. The predicted octanol–water partition coefficient (Wildman–Crippen LogP) is 1.64. The number of carbonyl (C=O) groups is 1. The van der Waals surface area contributed by atoms with Gasteiger partial charge in [0.05, 0.1) is 0 Å². The van der Waals surface area contributed by atoms with Crippen molar-refractivity contribution < 1.29 is 4.79 Å². The normalized spacial score (nSPS) is 22.9. The molecule has 2 aliphatic heterocycles. The number of nitrogens with zero attached hydrogens (tertiary/aromatic N) is 2. The summed E-state index contributed by atoms with van der Waals surface area (Å²) < 4.78 is 0. The van der Waals surface area contributed by atoms with Crippen molar-refractivity contribution in [1.29, 1.82) is 0 Å². The first-order chi connectivity index (χ1) is 11.3. The molecule has 4 rings (SSSR count). The van der Waals surface area contributed by atoms with Crippen molar-refractivity contribution in [3.8, 4) is 0 Å². The Bertz CT molecular complexity index is 745. The molecule has 3 heterocycles. The molecular weight excluding hydrogens is 288 g/mol. The largest absolute Gasteiger partial charge is 0.356 e. The number of hydrazine groups is 1. The van der Waals surface area contributed by atoms with Crippen LogP contribution in [0.2, 0.25) is 0 Å². The van der Waals surface area contributed by atoms with Gasteiger partial charge in [-0.2, -0.15) is 0 Å². The summed E-state index contributed by atoms with van der Waals surface area (Å²) in [4.78, 5) is 16.1.